The molecule has 0 saturated heterocycles. The average molecular weight is 379 g/mol. The molecular weight excluding hydrogens is 370 g/mol. The third-order valence-electron chi connectivity index (χ3n) is 2.31. The third kappa shape index (κ3) is 2.48. The Kier molecular flexibility index (Phi) is 3.47. The molecule has 0 spiro atoms. The van der Waals surface area contributed by atoms with Gasteiger partial charge in [0.1, 0.15) is 0 Å². The minimum Gasteiger partial charge on any atom is -0.247 e. The second kappa shape index (κ2) is 4.59. The van der Waals surface area contributed by atoms with Crippen molar-refractivity contribution in [3.05, 3.63) is 51.2 Å². The van der Waals surface area contributed by atoms with Crippen LogP contribution in [0.1, 0.15) is 5.56 Å². The van der Waals surface area contributed by atoms with Crippen LogP contribution in [0.2, 0.25) is 0 Å². The van der Waals surface area contributed by atoms with E-state index in [0.717, 1.165) is 5.56 Å². The molecule has 0 saturated carbocycles. The minimum absolute atomic E-state index is 0.276. The van der Waals surface area contributed by atoms with Gasteiger partial charge >= 0.3 is 0 Å². The van der Waals surface area contributed by atoms with Crippen molar-refractivity contribution in [3.8, 4) is 0 Å². The van der Waals surface area contributed by atoms with Gasteiger partial charge in [-0.3, -0.25) is 0 Å². The molecule has 0 radical (unpaired) electrons. The van der Waals surface area contributed by atoms with Gasteiger partial charge in [-0.1, -0.05) is 17.7 Å². The van der Waals surface area contributed by atoms with E-state index in [9.17, 15) is 8.42 Å². The van der Waals surface area contributed by atoms with Crippen LogP contribution in [0.4, 0.5) is 0 Å². The smallest absolute Gasteiger partial charge is 0.247 e. The number of halogens is 2. The molecule has 2 aromatic rings. The minimum atomic E-state index is -3.50. The largest absolute Gasteiger partial charge is 0.267 e. The Morgan fingerprint density at radius 3 is 1.94 bits per heavy atom. The number of rotatable bonds is 2. The molecule has 0 unspecified atom stereocenters. The first kappa shape index (κ1) is 12.9. The van der Waals surface area contributed by atoms with Crippen molar-refractivity contribution in [2.45, 2.75) is 11.8 Å². The summed E-state index contributed by atoms with van der Waals surface area (Å²) in [5, 5.41) is 0. The Bertz CT molecular complexity index is 625. The van der Waals surface area contributed by atoms with Gasteiger partial charge in [0, 0.05) is 12.4 Å². The molecule has 90 valence electrons. The Balaban J connectivity index is 2.53. The van der Waals surface area contributed by atoms with Crippen molar-refractivity contribution in [2.75, 3.05) is 0 Å². The van der Waals surface area contributed by atoms with Crippen molar-refractivity contribution in [1.82, 2.24) is 3.97 Å². The van der Waals surface area contributed by atoms with Crippen LogP contribution in [0.25, 0.3) is 0 Å². The van der Waals surface area contributed by atoms with Gasteiger partial charge < -0.3 is 0 Å². The van der Waals surface area contributed by atoms with Gasteiger partial charge in [-0.15, -0.1) is 0 Å². The molecule has 0 N–H and O–H groups in total. The van der Waals surface area contributed by atoms with Gasteiger partial charge in [-0.25, -0.2) is 12.4 Å². The lowest BCUT2D eigenvalue weighted by atomic mass is 10.2. The highest BCUT2D eigenvalue weighted by Crippen LogP contribution is 2.26. The number of aryl methyl sites for hydroxylation is 1. The Labute approximate surface area is 117 Å². The summed E-state index contributed by atoms with van der Waals surface area (Å²) in [6.45, 7) is 1.92. The van der Waals surface area contributed by atoms with E-state index < -0.39 is 10.0 Å². The van der Waals surface area contributed by atoms with Gasteiger partial charge in [-0.05, 0) is 50.9 Å². The lowest BCUT2D eigenvalue weighted by Gasteiger charge is -2.05. The molecule has 6 heteroatoms. The summed E-state index contributed by atoms with van der Waals surface area (Å²) < 4.78 is 27.1. The number of hydrogen-bond donors (Lipinski definition) is 0. The molecule has 0 atom stereocenters. The van der Waals surface area contributed by atoms with E-state index in [-0.39, 0.29) is 4.90 Å². The van der Waals surface area contributed by atoms with Gasteiger partial charge in [0.25, 0.3) is 10.0 Å². The number of nitrogens with zero attached hydrogens (tertiary/aromatic N) is 1. The molecular formula is C11H9Br2NO2S. The summed E-state index contributed by atoms with van der Waals surface area (Å²) in [6.07, 6.45) is 3.03. The molecule has 0 fully saturated rings. The van der Waals surface area contributed by atoms with E-state index in [1.807, 2.05) is 6.92 Å². The van der Waals surface area contributed by atoms with Crippen molar-refractivity contribution in [1.29, 1.82) is 0 Å². The van der Waals surface area contributed by atoms with Gasteiger partial charge in [0.2, 0.25) is 0 Å². The first-order valence-electron chi connectivity index (χ1n) is 4.76. The molecule has 1 heterocycles. The third-order valence-corrected chi connectivity index (χ3v) is 5.74. The first-order valence-corrected chi connectivity index (χ1v) is 7.79. The maximum absolute atomic E-state index is 12.2. The van der Waals surface area contributed by atoms with E-state index in [1.165, 1.54) is 16.4 Å². The molecule has 0 aliphatic heterocycles. The summed E-state index contributed by atoms with van der Waals surface area (Å²) in [4.78, 5) is 0.276. The SMILES string of the molecule is Cc1ccc(S(=O)(=O)n2cc(Br)c(Br)c2)cc1. The average Bonchev–Trinajstić information content (AvgIpc) is 2.60. The van der Waals surface area contributed by atoms with E-state index >= 15 is 0 Å². The molecule has 0 bridgehead atoms. The first-order chi connectivity index (χ1) is 7.91. The molecule has 2 rings (SSSR count). The maximum Gasteiger partial charge on any atom is 0.267 e. The van der Waals surface area contributed by atoms with E-state index in [2.05, 4.69) is 31.9 Å². The van der Waals surface area contributed by atoms with Crippen molar-refractivity contribution >= 4 is 41.9 Å². The van der Waals surface area contributed by atoms with Crippen LogP contribution in [-0.4, -0.2) is 12.4 Å². The van der Waals surface area contributed by atoms with E-state index in [1.54, 1.807) is 24.3 Å². The van der Waals surface area contributed by atoms with Crippen LogP contribution in [0, 0.1) is 6.92 Å². The Morgan fingerprint density at radius 1 is 1.00 bits per heavy atom. The lowest BCUT2D eigenvalue weighted by Crippen LogP contribution is -2.10. The zero-order valence-corrected chi connectivity index (χ0v) is 12.9. The van der Waals surface area contributed by atoms with Gasteiger partial charge in [0.05, 0.1) is 13.8 Å². The molecule has 0 aliphatic carbocycles. The van der Waals surface area contributed by atoms with Crippen LogP contribution in [0.5, 0.6) is 0 Å². The zero-order valence-electron chi connectivity index (χ0n) is 8.89. The maximum atomic E-state index is 12.2. The summed E-state index contributed by atoms with van der Waals surface area (Å²) in [7, 11) is -3.50. The molecule has 17 heavy (non-hydrogen) atoms. The zero-order chi connectivity index (χ0) is 12.6. The molecule has 3 nitrogen and oxygen atoms in total. The summed E-state index contributed by atoms with van der Waals surface area (Å²) in [5.74, 6) is 0. The fraction of sp³-hybridized carbons (Fsp3) is 0.0909. The number of benzene rings is 1. The summed E-state index contributed by atoms with van der Waals surface area (Å²) >= 11 is 6.52. The highest BCUT2D eigenvalue weighted by atomic mass is 79.9. The van der Waals surface area contributed by atoms with Crippen LogP contribution >= 0.6 is 31.9 Å². The van der Waals surface area contributed by atoms with Crippen molar-refractivity contribution in [2.24, 2.45) is 0 Å². The topological polar surface area (TPSA) is 39.1 Å². The molecule has 0 aliphatic rings. The standard InChI is InChI=1S/C11H9Br2NO2S/c1-8-2-4-9(5-3-8)17(15,16)14-6-10(12)11(13)7-14/h2-7H,1H3. The van der Waals surface area contributed by atoms with Crippen LogP contribution in [0.15, 0.2) is 50.5 Å². The Hall–Kier alpha value is -0.590. The predicted molar refractivity (Wildman–Crippen MR) is 73.6 cm³/mol. The van der Waals surface area contributed by atoms with E-state index in [4.69, 9.17) is 0 Å². The number of hydrogen-bond acceptors (Lipinski definition) is 2. The molecule has 0 amide bonds. The van der Waals surface area contributed by atoms with Crippen LogP contribution in [-0.2, 0) is 10.0 Å². The normalized spacial score (nSPS) is 11.7. The van der Waals surface area contributed by atoms with Crippen molar-refractivity contribution in [3.63, 3.8) is 0 Å². The Morgan fingerprint density at radius 2 is 1.47 bits per heavy atom. The molecule has 1 aromatic carbocycles. The highest BCUT2D eigenvalue weighted by Gasteiger charge is 2.17. The summed E-state index contributed by atoms with van der Waals surface area (Å²) in [6, 6.07) is 6.76. The number of aromatic nitrogens is 1. The quantitative estimate of drug-likeness (QED) is 0.801. The van der Waals surface area contributed by atoms with Crippen molar-refractivity contribution < 1.29 is 8.42 Å². The van der Waals surface area contributed by atoms with Crippen LogP contribution in [0.3, 0.4) is 0 Å². The fourth-order valence-corrected chi connectivity index (χ4v) is 3.48. The molecule has 1 aromatic heterocycles. The predicted octanol–water partition coefficient (Wildman–Crippen LogP) is 3.56. The van der Waals surface area contributed by atoms with Gasteiger partial charge in [-0.2, -0.15) is 0 Å². The second-order valence-corrected chi connectivity index (χ2v) is 7.15. The highest BCUT2D eigenvalue weighted by molar-refractivity contribution is 9.13. The van der Waals surface area contributed by atoms with Gasteiger partial charge in [0.15, 0.2) is 0 Å². The summed E-state index contributed by atoms with van der Waals surface area (Å²) in [5.41, 5.74) is 1.03. The second-order valence-electron chi connectivity index (χ2n) is 3.60. The van der Waals surface area contributed by atoms with Crippen LogP contribution < -0.4 is 0 Å². The van der Waals surface area contributed by atoms with E-state index in [0.29, 0.717) is 8.95 Å². The fourth-order valence-electron chi connectivity index (χ4n) is 1.35. The monoisotopic (exact) mass is 377 g/mol. The lowest BCUT2D eigenvalue weighted by molar-refractivity contribution is 0.587.